The van der Waals surface area contributed by atoms with E-state index in [1.54, 1.807) is 36.4 Å². The lowest BCUT2D eigenvalue weighted by Crippen LogP contribution is -2.52. The number of benzene rings is 2. The molecule has 2 aliphatic rings. The Hall–Kier alpha value is -2.45. The van der Waals surface area contributed by atoms with Crippen LogP contribution in [0.25, 0.3) is 10.8 Å². The maximum absolute atomic E-state index is 12.8. The summed E-state index contributed by atoms with van der Waals surface area (Å²) in [6.45, 7) is 1.23. The largest absolute Gasteiger partial charge is 0.357 e. The summed E-state index contributed by atoms with van der Waals surface area (Å²) in [4.78, 5) is 16.4. The number of hydrogen-bond acceptors (Lipinski definition) is 5. The minimum absolute atomic E-state index is 0.0779. The molecule has 2 heterocycles. The van der Waals surface area contributed by atoms with Gasteiger partial charge in [0.1, 0.15) is 5.84 Å². The molecule has 7 nitrogen and oxygen atoms in total. The molecule has 0 saturated carbocycles. The first-order chi connectivity index (χ1) is 15.2. The third-order valence-electron chi connectivity index (χ3n) is 6.31. The van der Waals surface area contributed by atoms with Gasteiger partial charge in [-0.25, -0.2) is 8.42 Å². The van der Waals surface area contributed by atoms with Gasteiger partial charge in [0.2, 0.25) is 5.91 Å². The number of nitrogens with zero attached hydrogens (tertiary/aromatic N) is 2. The Morgan fingerprint density at radius 2 is 1.78 bits per heavy atom. The average Bonchev–Trinajstić information content (AvgIpc) is 2.77. The quantitative estimate of drug-likeness (QED) is 0.680. The zero-order valence-electron chi connectivity index (χ0n) is 17.8. The molecular weight excluding hydrogens is 448 g/mol. The second-order valence-electron chi connectivity index (χ2n) is 8.46. The molecule has 32 heavy (non-hydrogen) atoms. The summed E-state index contributed by atoms with van der Waals surface area (Å²) in [6, 6.07) is 10.2. The second-order valence-corrected chi connectivity index (χ2v) is 11.0. The number of sulfone groups is 1. The van der Waals surface area contributed by atoms with Crippen LogP contribution in [0.5, 0.6) is 0 Å². The van der Waals surface area contributed by atoms with Crippen molar-refractivity contribution < 1.29 is 13.2 Å². The van der Waals surface area contributed by atoms with Crippen molar-refractivity contribution in [3.63, 3.8) is 0 Å². The van der Waals surface area contributed by atoms with Crippen molar-refractivity contribution in [2.24, 2.45) is 0 Å². The van der Waals surface area contributed by atoms with Gasteiger partial charge in [0, 0.05) is 43.4 Å². The number of piperidine rings is 2. The number of carbonyl (C=O) groups is 1. The number of nitrogens with one attached hydrogen (secondary N) is 2. The fourth-order valence-electron chi connectivity index (χ4n) is 4.51. The van der Waals surface area contributed by atoms with Gasteiger partial charge in [-0.05, 0) is 54.3 Å². The predicted octanol–water partition coefficient (Wildman–Crippen LogP) is 4.09. The van der Waals surface area contributed by atoms with Gasteiger partial charge in [0.05, 0.1) is 16.5 Å². The maximum atomic E-state index is 12.8. The standard InChI is InChI=1S/C23H27ClN4O3S/c24-18-6-4-17-14-20(7-5-16(17)13-18)32(30,31)12-9-23(29)28-11-8-19(15-22(28)26)27-10-2-1-3-21(27)25/h4-7,13-14,19,25-26H,1-3,8-12,15H2. The van der Waals surface area contributed by atoms with Crippen LogP contribution >= 0.6 is 11.6 Å². The van der Waals surface area contributed by atoms with E-state index in [0.29, 0.717) is 30.2 Å². The van der Waals surface area contributed by atoms with Crippen LogP contribution in [0.1, 0.15) is 38.5 Å². The van der Waals surface area contributed by atoms with Gasteiger partial charge >= 0.3 is 0 Å². The Balaban J connectivity index is 1.37. The number of rotatable bonds is 5. The summed E-state index contributed by atoms with van der Waals surface area (Å²) in [7, 11) is -3.64. The Labute approximate surface area is 193 Å². The summed E-state index contributed by atoms with van der Waals surface area (Å²) in [5, 5.41) is 18.7. The van der Waals surface area contributed by atoms with Gasteiger partial charge in [-0.1, -0.05) is 23.7 Å². The number of amidine groups is 2. The summed E-state index contributed by atoms with van der Waals surface area (Å²) < 4.78 is 25.7. The second kappa shape index (κ2) is 9.19. The molecule has 2 aliphatic heterocycles. The molecule has 4 rings (SSSR count). The Bertz CT molecular complexity index is 1180. The van der Waals surface area contributed by atoms with Crippen molar-refractivity contribution in [2.45, 2.75) is 49.5 Å². The van der Waals surface area contributed by atoms with Crippen LogP contribution in [0.15, 0.2) is 41.3 Å². The minimum Gasteiger partial charge on any atom is -0.357 e. The van der Waals surface area contributed by atoms with E-state index >= 15 is 0 Å². The third kappa shape index (κ3) is 4.81. The highest BCUT2D eigenvalue weighted by atomic mass is 35.5. The summed E-state index contributed by atoms with van der Waals surface area (Å²) in [6.07, 6.45) is 3.79. The van der Waals surface area contributed by atoms with E-state index in [9.17, 15) is 13.2 Å². The molecule has 0 bridgehead atoms. The molecule has 0 spiro atoms. The zero-order valence-corrected chi connectivity index (χ0v) is 19.4. The fraction of sp³-hybridized carbons (Fsp3) is 0.435. The molecule has 2 aromatic carbocycles. The van der Waals surface area contributed by atoms with Crippen molar-refractivity contribution >= 4 is 49.8 Å². The Morgan fingerprint density at radius 3 is 2.53 bits per heavy atom. The highest BCUT2D eigenvalue weighted by Crippen LogP contribution is 2.25. The number of carbonyl (C=O) groups excluding carboxylic acids is 1. The Kier molecular flexibility index (Phi) is 6.53. The summed E-state index contributed by atoms with van der Waals surface area (Å²) >= 11 is 5.99. The van der Waals surface area contributed by atoms with Crippen LogP contribution in [-0.2, 0) is 14.6 Å². The highest BCUT2D eigenvalue weighted by Gasteiger charge is 2.33. The van der Waals surface area contributed by atoms with E-state index in [0.717, 1.165) is 36.6 Å². The van der Waals surface area contributed by atoms with Gasteiger partial charge in [-0.3, -0.25) is 15.6 Å². The molecule has 1 atom stereocenters. The van der Waals surface area contributed by atoms with Crippen molar-refractivity contribution in [1.29, 1.82) is 10.8 Å². The summed E-state index contributed by atoms with van der Waals surface area (Å²) in [5.41, 5.74) is 0. The minimum atomic E-state index is -3.64. The predicted molar refractivity (Wildman–Crippen MR) is 126 cm³/mol. The van der Waals surface area contributed by atoms with Crippen molar-refractivity contribution in [1.82, 2.24) is 9.80 Å². The van der Waals surface area contributed by atoms with E-state index in [4.69, 9.17) is 22.4 Å². The van der Waals surface area contributed by atoms with Crippen molar-refractivity contribution in [3.8, 4) is 0 Å². The molecule has 170 valence electrons. The van der Waals surface area contributed by atoms with Crippen molar-refractivity contribution in [2.75, 3.05) is 18.8 Å². The van der Waals surface area contributed by atoms with E-state index in [1.165, 1.54) is 4.90 Å². The first kappa shape index (κ1) is 22.7. The first-order valence-corrected chi connectivity index (χ1v) is 12.9. The highest BCUT2D eigenvalue weighted by molar-refractivity contribution is 7.91. The molecule has 2 fully saturated rings. The first-order valence-electron chi connectivity index (χ1n) is 10.9. The molecule has 9 heteroatoms. The maximum Gasteiger partial charge on any atom is 0.228 e. The lowest BCUT2D eigenvalue weighted by molar-refractivity contribution is -0.127. The van der Waals surface area contributed by atoms with Gasteiger partial charge in [0.15, 0.2) is 9.84 Å². The SMILES string of the molecule is N=C1CC(N2CCCCC2=N)CCN1C(=O)CCS(=O)(=O)c1ccc2cc(Cl)ccc2c1. The van der Waals surface area contributed by atoms with Crippen LogP contribution in [0, 0.1) is 10.8 Å². The van der Waals surface area contributed by atoms with Crippen molar-refractivity contribution in [3.05, 3.63) is 41.4 Å². The average molecular weight is 475 g/mol. The van der Waals surface area contributed by atoms with Gasteiger partial charge in [-0.15, -0.1) is 0 Å². The molecule has 2 saturated heterocycles. The van der Waals surface area contributed by atoms with E-state index in [2.05, 4.69) is 4.90 Å². The smallest absolute Gasteiger partial charge is 0.228 e. The topological polar surface area (TPSA) is 105 Å². The van der Waals surface area contributed by atoms with E-state index < -0.39 is 9.84 Å². The van der Waals surface area contributed by atoms with E-state index in [-0.39, 0.29) is 34.9 Å². The van der Waals surface area contributed by atoms with Crippen LogP contribution in [0.4, 0.5) is 0 Å². The number of hydrogen-bond donors (Lipinski definition) is 2. The monoisotopic (exact) mass is 474 g/mol. The van der Waals surface area contributed by atoms with Crippen LogP contribution < -0.4 is 0 Å². The normalized spacial score (nSPS) is 20.1. The molecule has 0 aromatic heterocycles. The number of fused-ring (bicyclic) bond motifs is 1. The van der Waals surface area contributed by atoms with Crippen LogP contribution in [0.3, 0.4) is 0 Å². The van der Waals surface area contributed by atoms with E-state index in [1.807, 2.05) is 0 Å². The molecule has 1 unspecified atom stereocenters. The number of halogens is 1. The molecule has 2 aromatic rings. The molecule has 0 aliphatic carbocycles. The lowest BCUT2D eigenvalue weighted by Gasteiger charge is -2.41. The number of amides is 1. The van der Waals surface area contributed by atoms with Gasteiger partial charge in [0.25, 0.3) is 0 Å². The van der Waals surface area contributed by atoms with Crippen LogP contribution in [-0.4, -0.2) is 60.7 Å². The van der Waals surface area contributed by atoms with Gasteiger partial charge in [-0.2, -0.15) is 0 Å². The summed E-state index contributed by atoms with van der Waals surface area (Å²) in [5.74, 6) is 0.204. The third-order valence-corrected chi connectivity index (χ3v) is 8.26. The van der Waals surface area contributed by atoms with Gasteiger partial charge < -0.3 is 9.80 Å². The Morgan fingerprint density at radius 1 is 1.03 bits per heavy atom. The fourth-order valence-corrected chi connectivity index (χ4v) is 5.95. The zero-order chi connectivity index (χ0) is 22.9. The molecule has 0 radical (unpaired) electrons. The molecule has 2 N–H and O–H groups in total. The van der Waals surface area contributed by atoms with Crippen LogP contribution in [0.2, 0.25) is 5.02 Å². The lowest BCUT2D eigenvalue weighted by atomic mass is 9.98. The molecular formula is C23H27ClN4O3S. The molecule has 1 amide bonds. The number of likely N-dealkylation sites (tertiary alicyclic amines) is 2.